The highest BCUT2D eigenvalue weighted by Gasteiger charge is 2.21. The van der Waals surface area contributed by atoms with E-state index in [4.69, 9.17) is 0 Å². The predicted octanol–water partition coefficient (Wildman–Crippen LogP) is 2.97. The van der Waals surface area contributed by atoms with Gasteiger partial charge in [0.25, 0.3) is 0 Å². The summed E-state index contributed by atoms with van der Waals surface area (Å²) in [5, 5.41) is 6.65. The van der Waals surface area contributed by atoms with Crippen LogP contribution in [0.3, 0.4) is 0 Å². The van der Waals surface area contributed by atoms with Gasteiger partial charge in [0, 0.05) is 18.8 Å². The number of rotatable bonds is 5. The van der Waals surface area contributed by atoms with Crippen molar-refractivity contribution in [3.05, 3.63) is 47.7 Å². The highest BCUT2D eigenvalue weighted by molar-refractivity contribution is 5.42. The van der Waals surface area contributed by atoms with Crippen LogP contribution >= 0.6 is 0 Å². The first-order valence-corrected chi connectivity index (χ1v) is 6.69. The van der Waals surface area contributed by atoms with E-state index in [1.165, 1.54) is 24.0 Å². The number of nitrogens with zero attached hydrogens (tertiary/aromatic N) is 2. The van der Waals surface area contributed by atoms with Gasteiger partial charge in [-0.3, -0.25) is 0 Å². The normalized spacial score (nSPS) is 14.2. The molecule has 1 aliphatic carbocycles. The predicted molar refractivity (Wildman–Crippen MR) is 77.2 cm³/mol. The second-order valence-electron chi connectivity index (χ2n) is 4.96. The van der Waals surface area contributed by atoms with E-state index in [1.54, 1.807) is 6.20 Å². The molecular weight excluding hydrogens is 236 g/mol. The van der Waals surface area contributed by atoms with E-state index in [-0.39, 0.29) is 0 Å². The third-order valence-corrected chi connectivity index (χ3v) is 3.28. The number of benzene rings is 1. The highest BCUT2D eigenvalue weighted by atomic mass is 15.1. The molecule has 2 aromatic rings. The smallest absolute Gasteiger partial charge is 0.224 e. The molecule has 0 amide bonds. The Balaban J connectivity index is 1.64. The Morgan fingerprint density at radius 1 is 1.21 bits per heavy atom. The second-order valence-corrected chi connectivity index (χ2v) is 4.96. The van der Waals surface area contributed by atoms with Crippen molar-refractivity contribution in [1.82, 2.24) is 9.97 Å². The number of anilines is 2. The van der Waals surface area contributed by atoms with Gasteiger partial charge in [0.05, 0.1) is 0 Å². The fourth-order valence-electron chi connectivity index (χ4n) is 1.94. The Morgan fingerprint density at radius 3 is 2.84 bits per heavy atom. The Bertz CT molecular complexity index is 564. The number of hydrogen-bond donors (Lipinski definition) is 2. The van der Waals surface area contributed by atoms with Gasteiger partial charge in [0.2, 0.25) is 5.95 Å². The summed E-state index contributed by atoms with van der Waals surface area (Å²) in [6.45, 7) is 2.86. The summed E-state index contributed by atoms with van der Waals surface area (Å²) in [5.41, 5.74) is 2.55. The van der Waals surface area contributed by atoms with E-state index in [0.29, 0.717) is 12.0 Å². The van der Waals surface area contributed by atoms with Crippen LogP contribution in [0.2, 0.25) is 0 Å². The van der Waals surface area contributed by atoms with E-state index < -0.39 is 0 Å². The molecule has 1 saturated carbocycles. The summed E-state index contributed by atoms with van der Waals surface area (Å²) in [6.07, 6.45) is 4.28. The van der Waals surface area contributed by atoms with E-state index in [9.17, 15) is 0 Å². The molecule has 3 rings (SSSR count). The van der Waals surface area contributed by atoms with E-state index in [2.05, 4.69) is 51.8 Å². The van der Waals surface area contributed by atoms with E-state index >= 15 is 0 Å². The lowest BCUT2D eigenvalue weighted by Crippen LogP contribution is -2.08. The van der Waals surface area contributed by atoms with Crippen LogP contribution in [0.4, 0.5) is 11.8 Å². The molecule has 1 fully saturated rings. The molecule has 4 heteroatoms. The maximum Gasteiger partial charge on any atom is 0.224 e. The molecule has 1 aliphatic rings. The third-order valence-electron chi connectivity index (χ3n) is 3.28. The lowest BCUT2D eigenvalue weighted by atomic mass is 10.1. The number of aryl methyl sites for hydroxylation is 1. The maximum absolute atomic E-state index is 4.46. The fraction of sp³-hybridized carbons (Fsp3) is 0.333. The van der Waals surface area contributed by atoms with Crippen LogP contribution in [-0.2, 0) is 6.54 Å². The lowest BCUT2D eigenvalue weighted by molar-refractivity contribution is 1.03. The average molecular weight is 254 g/mol. The van der Waals surface area contributed by atoms with Gasteiger partial charge in [-0.05, 0) is 37.0 Å². The van der Waals surface area contributed by atoms with Crippen molar-refractivity contribution < 1.29 is 0 Å². The molecule has 1 heterocycles. The summed E-state index contributed by atoms with van der Waals surface area (Å²) in [5.74, 6) is 1.58. The summed E-state index contributed by atoms with van der Waals surface area (Å²) in [4.78, 5) is 8.71. The maximum atomic E-state index is 4.46. The molecule has 0 bridgehead atoms. The monoisotopic (exact) mass is 254 g/mol. The molecule has 0 unspecified atom stereocenters. The number of hydrogen-bond acceptors (Lipinski definition) is 4. The zero-order valence-corrected chi connectivity index (χ0v) is 11.1. The van der Waals surface area contributed by atoms with Crippen molar-refractivity contribution in [2.75, 3.05) is 10.6 Å². The van der Waals surface area contributed by atoms with Crippen LogP contribution in [-0.4, -0.2) is 16.0 Å². The van der Waals surface area contributed by atoms with Crippen LogP contribution in [0.5, 0.6) is 0 Å². The zero-order valence-electron chi connectivity index (χ0n) is 11.1. The van der Waals surface area contributed by atoms with Crippen molar-refractivity contribution in [3.8, 4) is 0 Å². The van der Waals surface area contributed by atoms with Crippen LogP contribution < -0.4 is 10.6 Å². The van der Waals surface area contributed by atoms with Crippen LogP contribution in [0.25, 0.3) is 0 Å². The molecule has 19 heavy (non-hydrogen) atoms. The van der Waals surface area contributed by atoms with Crippen molar-refractivity contribution in [3.63, 3.8) is 0 Å². The Morgan fingerprint density at radius 2 is 2.05 bits per heavy atom. The molecule has 1 aromatic heterocycles. The van der Waals surface area contributed by atoms with Crippen molar-refractivity contribution in [1.29, 1.82) is 0 Å². The zero-order chi connectivity index (χ0) is 13.1. The number of nitrogens with one attached hydrogen (secondary N) is 2. The SMILES string of the molecule is Cc1ccccc1CNc1nccc(NC2CC2)n1. The standard InChI is InChI=1S/C15H18N4/c1-11-4-2-3-5-12(11)10-17-15-16-9-8-14(19-15)18-13-6-7-13/h2-5,8-9,13H,6-7,10H2,1H3,(H2,16,17,18,19). The van der Waals surface area contributed by atoms with Crippen molar-refractivity contribution in [2.45, 2.75) is 32.4 Å². The first-order chi connectivity index (χ1) is 9.31. The Kier molecular flexibility index (Phi) is 3.31. The summed E-state index contributed by atoms with van der Waals surface area (Å²) >= 11 is 0. The number of aromatic nitrogens is 2. The average Bonchev–Trinajstić information content (AvgIpc) is 3.22. The van der Waals surface area contributed by atoms with Gasteiger partial charge in [-0.2, -0.15) is 4.98 Å². The van der Waals surface area contributed by atoms with Gasteiger partial charge in [-0.15, -0.1) is 0 Å². The van der Waals surface area contributed by atoms with Gasteiger partial charge in [-0.25, -0.2) is 4.98 Å². The molecule has 0 saturated heterocycles. The van der Waals surface area contributed by atoms with Gasteiger partial charge in [0.15, 0.2) is 0 Å². The van der Waals surface area contributed by atoms with Crippen LogP contribution in [0.15, 0.2) is 36.5 Å². The summed E-state index contributed by atoms with van der Waals surface area (Å²) < 4.78 is 0. The van der Waals surface area contributed by atoms with Gasteiger partial charge in [-0.1, -0.05) is 24.3 Å². The lowest BCUT2D eigenvalue weighted by Gasteiger charge is -2.09. The molecule has 1 aromatic carbocycles. The molecule has 98 valence electrons. The molecule has 0 radical (unpaired) electrons. The molecule has 2 N–H and O–H groups in total. The van der Waals surface area contributed by atoms with E-state index in [1.807, 2.05) is 6.07 Å². The van der Waals surface area contributed by atoms with Gasteiger partial charge >= 0.3 is 0 Å². The summed E-state index contributed by atoms with van der Waals surface area (Å²) in [6, 6.07) is 10.9. The Hall–Kier alpha value is -2.10. The van der Waals surface area contributed by atoms with Crippen molar-refractivity contribution >= 4 is 11.8 Å². The molecule has 0 aliphatic heterocycles. The molecular formula is C15H18N4. The fourth-order valence-corrected chi connectivity index (χ4v) is 1.94. The minimum Gasteiger partial charge on any atom is -0.367 e. The molecule has 0 spiro atoms. The third kappa shape index (κ3) is 3.22. The largest absolute Gasteiger partial charge is 0.367 e. The first-order valence-electron chi connectivity index (χ1n) is 6.69. The second kappa shape index (κ2) is 5.26. The highest BCUT2D eigenvalue weighted by Crippen LogP contribution is 2.23. The van der Waals surface area contributed by atoms with Crippen LogP contribution in [0, 0.1) is 6.92 Å². The first kappa shape index (κ1) is 12.0. The van der Waals surface area contributed by atoms with Crippen molar-refractivity contribution in [2.24, 2.45) is 0 Å². The van der Waals surface area contributed by atoms with Gasteiger partial charge < -0.3 is 10.6 Å². The van der Waals surface area contributed by atoms with Gasteiger partial charge in [0.1, 0.15) is 5.82 Å². The molecule has 0 atom stereocenters. The minimum absolute atomic E-state index is 0.610. The van der Waals surface area contributed by atoms with Crippen LogP contribution in [0.1, 0.15) is 24.0 Å². The topological polar surface area (TPSA) is 49.8 Å². The summed E-state index contributed by atoms with van der Waals surface area (Å²) in [7, 11) is 0. The quantitative estimate of drug-likeness (QED) is 0.861. The minimum atomic E-state index is 0.610. The van der Waals surface area contributed by atoms with E-state index in [0.717, 1.165) is 12.4 Å². The molecule has 4 nitrogen and oxygen atoms in total. The Labute approximate surface area is 113 Å².